The first-order valence-corrected chi connectivity index (χ1v) is 6.01. The molecule has 0 unspecified atom stereocenters. The molecule has 1 aliphatic rings. The molecular formula is C13H21Cl2FN2. The van der Waals surface area contributed by atoms with Crippen molar-refractivity contribution < 1.29 is 4.39 Å². The van der Waals surface area contributed by atoms with Crippen LogP contribution < -0.4 is 5.32 Å². The Bertz CT molecular complexity index is 344. The zero-order chi connectivity index (χ0) is 11.4. The maximum atomic E-state index is 13.2. The SMILES string of the molecule is CC[C@@H](c1cccc(F)c1)N1CCNCC1.Cl.Cl. The van der Waals surface area contributed by atoms with E-state index in [2.05, 4.69) is 17.1 Å². The Hall–Kier alpha value is -0.350. The molecule has 5 heteroatoms. The quantitative estimate of drug-likeness (QED) is 0.922. The summed E-state index contributed by atoms with van der Waals surface area (Å²) in [5.74, 6) is -0.133. The molecule has 1 aromatic rings. The van der Waals surface area contributed by atoms with E-state index in [1.165, 1.54) is 6.07 Å². The van der Waals surface area contributed by atoms with Crippen LogP contribution in [0.5, 0.6) is 0 Å². The van der Waals surface area contributed by atoms with Crippen LogP contribution in [-0.4, -0.2) is 31.1 Å². The molecule has 18 heavy (non-hydrogen) atoms. The molecule has 1 saturated heterocycles. The molecule has 0 amide bonds. The van der Waals surface area contributed by atoms with Crippen LogP contribution in [0.2, 0.25) is 0 Å². The molecule has 1 aromatic carbocycles. The minimum atomic E-state index is -0.133. The summed E-state index contributed by atoms with van der Waals surface area (Å²) in [5.41, 5.74) is 1.10. The second-order valence-corrected chi connectivity index (χ2v) is 4.27. The summed E-state index contributed by atoms with van der Waals surface area (Å²) in [6.07, 6.45) is 1.03. The van der Waals surface area contributed by atoms with Gasteiger partial charge in [0.15, 0.2) is 0 Å². The van der Waals surface area contributed by atoms with Gasteiger partial charge in [-0.05, 0) is 24.1 Å². The number of nitrogens with one attached hydrogen (secondary N) is 1. The fraction of sp³-hybridized carbons (Fsp3) is 0.538. The van der Waals surface area contributed by atoms with Gasteiger partial charge in [-0.2, -0.15) is 0 Å². The molecule has 2 rings (SSSR count). The van der Waals surface area contributed by atoms with Gasteiger partial charge in [-0.3, -0.25) is 4.90 Å². The Morgan fingerprint density at radius 3 is 2.50 bits per heavy atom. The van der Waals surface area contributed by atoms with Crippen LogP contribution in [-0.2, 0) is 0 Å². The first-order chi connectivity index (χ1) is 7.81. The smallest absolute Gasteiger partial charge is 0.123 e. The van der Waals surface area contributed by atoms with E-state index in [9.17, 15) is 4.39 Å². The average Bonchev–Trinajstić information content (AvgIpc) is 2.31. The lowest BCUT2D eigenvalue weighted by Crippen LogP contribution is -2.45. The van der Waals surface area contributed by atoms with Gasteiger partial charge in [0.2, 0.25) is 0 Å². The monoisotopic (exact) mass is 294 g/mol. The largest absolute Gasteiger partial charge is 0.314 e. The minimum Gasteiger partial charge on any atom is -0.314 e. The van der Waals surface area contributed by atoms with E-state index in [1.54, 1.807) is 12.1 Å². The van der Waals surface area contributed by atoms with Crippen LogP contribution in [0.15, 0.2) is 24.3 Å². The number of piperazine rings is 1. The number of hydrogen-bond acceptors (Lipinski definition) is 2. The van der Waals surface area contributed by atoms with Crippen molar-refractivity contribution in [2.75, 3.05) is 26.2 Å². The molecule has 1 N–H and O–H groups in total. The third-order valence-corrected chi connectivity index (χ3v) is 3.21. The number of rotatable bonds is 3. The molecule has 1 fully saturated rings. The predicted octanol–water partition coefficient (Wildman–Crippen LogP) is 3.03. The Labute approximate surface area is 121 Å². The summed E-state index contributed by atoms with van der Waals surface area (Å²) in [6, 6.07) is 7.36. The highest BCUT2D eigenvalue weighted by molar-refractivity contribution is 5.85. The molecular weight excluding hydrogens is 274 g/mol. The van der Waals surface area contributed by atoms with Crippen LogP contribution in [0.1, 0.15) is 24.9 Å². The first kappa shape index (κ1) is 17.6. The van der Waals surface area contributed by atoms with Crippen LogP contribution in [0.3, 0.4) is 0 Å². The van der Waals surface area contributed by atoms with Crippen molar-refractivity contribution in [2.45, 2.75) is 19.4 Å². The normalized spacial score (nSPS) is 17.4. The molecule has 1 atom stereocenters. The number of nitrogens with zero attached hydrogens (tertiary/aromatic N) is 1. The fourth-order valence-corrected chi connectivity index (χ4v) is 2.41. The summed E-state index contributed by atoms with van der Waals surface area (Å²) in [7, 11) is 0. The Balaban J connectivity index is 0.00000144. The third kappa shape index (κ3) is 4.39. The van der Waals surface area contributed by atoms with Gasteiger partial charge in [0.05, 0.1) is 0 Å². The van der Waals surface area contributed by atoms with Crippen molar-refractivity contribution >= 4 is 24.8 Å². The minimum absolute atomic E-state index is 0. The summed E-state index contributed by atoms with van der Waals surface area (Å²) >= 11 is 0. The summed E-state index contributed by atoms with van der Waals surface area (Å²) in [5, 5.41) is 3.34. The topological polar surface area (TPSA) is 15.3 Å². The number of benzene rings is 1. The highest BCUT2D eigenvalue weighted by atomic mass is 35.5. The van der Waals surface area contributed by atoms with E-state index in [4.69, 9.17) is 0 Å². The van der Waals surface area contributed by atoms with Gasteiger partial charge in [-0.15, -0.1) is 24.8 Å². The van der Waals surface area contributed by atoms with E-state index in [0.29, 0.717) is 6.04 Å². The number of hydrogen-bond donors (Lipinski definition) is 1. The maximum Gasteiger partial charge on any atom is 0.123 e. The summed E-state index contributed by atoms with van der Waals surface area (Å²) in [6.45, 7) is 6.33. The van der Waals surface area contributed by atoms with Crippen LogP contribution in [0, 0.1) is 5.82 Å². The summed E-state index contributed by atoms with van der Waals surface area (Å²) in [4.78, 5) is 2.44. The Morgan fingerprint density at radius 1 is 1.28 bits per heavy atom. The molecule has 1 heterocycles. The van der Waals surface area contributed by atoms with Gasteiger partial charge < -0.3 is 5.32 Å². The van der Waals surface area contributed by atoms with Gasteiger partial charge in [0.25, 0.3) is 0 Å². The zero-order valence-electron chi connectivity index (χ0n) is 10.6. The lowest BCUT2D eigenvalue weighted by atomic mass is 10.0. The van der Waals surface area contributed by atoms with E-state index < -0.39 is 0 Å². The molecule has 2 nitrogen and oxygen atoms in total. The van der Waals surface area contributed by atoms with Crippen molar-refractivity contribution in [1.29, 1.82) is 0 Å². The zero-order valence-corrected chi connectivity index (χ0v) is 12.2. The van der Waals surface area contributed by atoms with E-state index in [0.717, 1.165) is 38.2 Å². The molecule has 0 bridgehead atoms. The standard InChI is InChI=1S/C13H19FN2.2ClH/c1-2-13(16-8-6-15-7-9-16)11-4-3-5-12(14)10-11;;/h3-5,10,13,15H,2,6-9H2,1H3;2*1H/t13-;;/m0../s1. The molecule has 1 aliphatic heterocycles. The third-order valence-electron chi connectivity index (χ3n) is 3.21. The van der Waals surface area contributed by atoms with Crippen LogP contribution in [0.25, 0.3) is 0 Å². The van der Waals surface area contributed by atoms with Crippen molar-refractivity contribution in [3.8, 4) is 0 Å². The summed E-state index contributed by atoms with van der Waals surface area (Å²) < 4.78 is 13.2. The van der Waals surface area contributed by atoms with Crippen molar-refractivity contribution in [2.24, 2.45) is 0 Å². The average molecular weight is 295 g/mol. The lowest BCUT2D eigenvalue weighted by molar-refractivity contribution is 0.169. The van der Waals surface area contributed by atoms with Crippen LogP contribution in [0.4, 0.5) is 4.39 Å². The second kappa shape index (κ2) is 8.70. The van der Waals surface area contributed by atoms with Gasteiger partial charge in [-0.25, -0.2) is 4.39 Å². The van der Waals surface area contributed by atoms with Crippen LogP contribution >= 0.6 is 24.8 Å². The van der Waals surface area contributed by atoms with E-state index in [1.807, 2.05) is 6.07 Å². The van der Waals surface area contributed by atoms with Crippen molar-refractivity contribution in [1.82, 2.24) is 10.2 Å². The Morgan fingerprint density at radius 2 is 1.94 bits per heavy atom. The van der Waals surface area contributed by atoms with Gasteiger partial charge in [-0.1, -0.05) is 19.1 Å². The molecule has 0 spiro atoms. The van der Waals surface area contributed by atoms with Crippen molar-refractivity contribution in [3.63, 3.8) is 0 Å². The fourth-order valence-electron chi connectivity index (χ4n) is 2.41. The molecule has 0 aromatic heterocycles. The van der Waals surface area contributed by atoms with Gasteiger partial charge in [0, 0.05) is 32.2 Å². The second-order valence-electron chi connectivity index (χ2n) is 4.27. The van der Waals surface area contributed by atoms with E-state index in [-0.39, 0.29) is 30.6 Å². The van der Waals surface area contributed by atoms with Gasteiger partial charge in [0.1, 0.15) is 5.82 Å². The highest BCUT2D eigenvalue weighted by Crippen LogP contribution is 2.24. The molecule has 0 saturated carbocycles. The first-order valence-electron chi connectivity index (χ1n) is 6.01. The highest BCUT2D eigenvalue weighted by Gasteiger charge is 2.20. The van der Waals surface area contributed by atoms with E-state index >= 15 is 0 Å². The molecule has 0 radical (unpaired) electrons. The molecule has 0 aliphatic carbocycles. The maximum absolute atomic E-state index is 13.2. The Kier molecular flexibility index (Phi) is 8.53. The lowest BCUT2D eigenvalue weighted by Gasteiger charge is -2.34. The van der Waals surface area contributed by atoms with Crippen molar-refractivity contribution in [3.05, 3.63) is 35.6 Å². The molecule has 104 valence electrons. The number of halogens is 3. The van der Waals surface area contributed by atoms with Gasteiger partial charge >= 0.3 is 0 Å². The predicted molar refractivity (Wildman–Crippen MR) is 78.4 cm³/mol.